The maximum atomic E-state index is 12.9. The van der Waals surface area contributed by atoms with Gasteiger partial charge in [-0.3, -0.25) is 14.9 Å². The van der Waals surface area contributed by atoms with E-state index in [2.05, 4.69) is 5.32 Å². The zero-order chi connectivity index (χ0) is 20.7. The summed E-state index contributed by atoms with van der Waals surface area (Å²) in [5, 5.41) is 13.5. The maximum Gasteiger partial charge on any atom is 0.342 e. The number of benzene rings is 2. The molecule has 0 unspecified atom stereocenters. The number of amides is 1. The van der Waals surface area contributed by atoms with Crippen molar-refractivity contribution in [1.29, 1.82) is 0 Å². The Morgan fingerprint density at radius 2 is 1.89 bits per heavy atom. The second-order valence-electron chi connectivity index (χ2n) is 5.86. The third-order valence-electron chi connectivity index (χ3n) is 3.89. The fourth-order valence-electron chi connectivity index (χ4n) is 2.37. The van der Waals surface area contributed by atoms with E-state index in [1.807, 2.05) is 0 Å². The average Bonchev–Trinajstić information content (AvgIpc) is 2.68. The van der Waals surface area contributed by atoms with Crippen LogP contribution in [0.5, 0.6) is 5.75 Å². The van der Waals surface area contributed by atoms with Crippen molar-refractivity contribution in [3.8, 4) is 5.75 Å². The highest BCUT2D eigenvalue weighted by molar-refractivity contribution is 5.95. The van der Waals surface area contributed by atoms with Gasteiger partial charge in [-0.2, -0.15) is 0 Å². The Morgan fingerprint density at radius 1 is 1.21 bits per heavy atom. The van der Waals surface area contributed by atoms with Gasteiger partial charge in [0.2, 0.25) is 0 Å². The van der Waals surface area contributed by atoms with Crippen LogP contribution in [-0.2, 0) is 16.0 Å². The van der Waals surface area contributed by atoms with Crippen LogP contribution >= 0.6 is 0 Å². The molecule has 2 rings (SSSR count). The largest absolute Gasteiger partial charge is 0.496 e. The predicted octanol–water partition coefficient (Wildman–Crippen LogP) is 2.65. The van der Waals surface area contributed by atoms with Crippen LogP contribution in [0.2, 0.25) is 0 Å². The smallest absolute Gasteiger partial charge is 0.342 e. The predicted molar refractivity (Wildman–Crippen MR) is 97.6 cm³/mol. The molecule has 0 fully saturated rings. The first kappa shape index (κ1) is 20.8. The molecule has 2 aromatic rings. The number of nitro groups is 1. The third kappa shape index (κ3) is 5.50. The summed E-state index contributed by atoms with van der Waals surface area (Å²) >= 11 is 0. The minimum Gasteiger partial charge on any atom is -0.496 e. The van der Waals surface area contributed by atoms with Gasteiger partial charge in [-0.05, 0) is 37.1 Å². The Morgan fingerprint density at radius 3 is 2.50 bits per heavy atom. The number of halogens is 1. The van der Waals surface area contributed by atoms with Crippen LogP contribution in [0.25, 0.3) is 0 Å². The molecule has 28 heavy (non-hydrogen) atoms. The quantitative estimate of drug-likeness (QED) is 0.422. The minimum atomic E-state index is -1.12. The molecular formula is C19H19FN2O6. The second-order valence-corrected chi connectivity index (χ2v) is 5.86. The van der Waals surface area contributed by atoms with E-state index in [1.54, 1.807) is 12.1 Å². The first-order valence-electron chi connectivity index (χ1n) is 8.37. The topological polar surface area (TPSA) is 108 Å². The number of methoxy groups -OCH3 is 1. The third-order valence-corrected chi connectivity index (χ3v) is 3.89. The van der Waals surface area contributed by atoms with Crippen LogP contribution in [0.3, 0.4) is 0 Å². The lowest BCUT2D eigenvalue weighted by Gasteiger charge is -2.14. The van der Waals surface area contributed by atoms with Gasteiger partial charge in [0, 0.05) is 18.7 Å². The number of hydrogen-bond donors (Lipinski definition) is 1. The molecule has 0 heterocycles. The molecule has 0 aromatic heterocycles. The Kier molecular flexibility index (Phi) is 7.02. The maximum absolute atomic E-state index is 12.9. The summed E-state index contributed by atoms with van der Waals surface area (Å²) in [5.41, 5.74) is 0.388. The van der Waals surface area contributed by atoms with E-state index in [4.69, 9.17) is 9.47 Å². The molecule has 0 bridgehead atoms. The van der Waals surface area contributed by atoms with Crippen molar-refractivity contribution in [2.75, 3.05) is 13.7 Å². The Labute approximate surface area is 160 Å². The number of non-ortho nitro benzene ring substituents is 1. The summed E-state index contributed by atoms with van der Waals surface area (Å²) in [6, 6.07) is 9.38. The Bertz CT molecular complexity index is 869. The van der Waals surface area contributed by atoms with Crippen LogP contribution in [0.4, 0.5) is 10.1 Å². The first-order valence-corrected chi connectivity index (χ1v) is 8.37. The number of carbonyl (C=O) groups excluding carboxylic acids is 2. The molecule has 2 aromatic carbocycles. The van der Waals surface area contributed by atoms with Gasteiger partial charge in [-0.25, -0.2) is 9.18 Å². The van der Waals surface area contributed by atoms with Crippen LogP contribution < -0.4 is 10.1 Å². The summed E-state index contributed by atoms with van der Waals surface area (Å²) < 4.78 is 23.0. The van der Waals surface area contributed by atoms with Gasteiger partial charge in [0.15, 0.2) is 6.10 Å². The van der Waals surface area contributed by atoms with Gasteiger partial charge >= 0.3 is 5.97 Å². The molecule has 1 N–H and O–H groups in total. The van der Waals surface area contributed by atoms with Crippen molar-refractivity contribution in [2.24, 2.45) is 0 Å². The number of ether oxygens (including phenoxy) is 2. The van der Waals surface area contributed by atoms with Crippen LogP contribution in [0.15, 0.2) is 42.5 Å². The highest BCUT2D eigenvalue weighted by atomic mass is 19.1. The van der Waals surface area contributed by atoms with Gasteiger partial charge in [0.1, 0.15) is 17.1 Å². The van der Waals surface area contributed by atoms with Crippen LogP contribution in [0, 0.1) is 15.9 Å². The number of nitrogens with one attached hydrogen (secondary N) is 1. The first-order chi connectivity index (χ1) is 13.3. The van der Waals surface area contributed by atoms with Gasteiger partial charge in [-0.1, -0.05) is 12.1 Å². The molecule has 0 radical (unpaired) electrons. The minimum absolute atomic E-state index is 0.0968. The molecule has 1 amide bonds. The molecule has 8 nitrogen and oxygen atoms in total. The summed E-state index contributed by atoms with van der Waals surface area (Å²) in [7, 11) is 1.31. The van der Waals surface area contributed by atoms with Crippen LogP contribution in [-0.4, -0.2) is 36.6 Å². The summed E-state index contributed by atoms with van der Waals surface area (Å²) in [6.07, 6.45) is -0.643. The fourth-order valence-corrected chi connectivity index (χ4v) is 2.37. The van der Waals surface area contributed by atoms with E-state index < -0.39 is 22.9 Å². The zero-order valence-electron chi connectivity index (χ0n) is 15.3. The van der Waals surface area contributed by atoms with Crippen molar-refractivity contribution >= 4 is 17.6 Å². The number of nitrogens with zero attached hydrogens (tertiary/aromatic N) is 1. The van der Waals surface area contributed by atoms with Crippen molar-refractivity contribution in [1.82, 2.24) is 5.32 Å². The normalized spacial score (nSPS) is 11.4. The van der Waals surface area contributed by atoms with E-state index in [-0.39, 0.29) is 29.4 Å². The van der Waals surface area contributed by atoms with Crippen LogP contribution in [0.1, 0.15) is 22.8 Å². The molecule has 0 saturated carbocycles. The molecule has 0 spiro atoms. The molecule has 0 aliphatic heterocycles. The standard InChI is InChI=1S/C19H19FN2O6/c1-12(18(23)21-10-9-13-3-5-14(20)6-4-13)28-19(24)16-11-15(22(25)26)7-8-17(16)27-2/h3-8,11-12H,9-10H2,1-2H3,(H,21,23)/t12-/m0/s1. The van der Waals surface area contributed by atoms with Crippen molar-refractivity contribution < 1.29 is 28.4 Å². The molecule has 0 saturated heterocycles. The number of nitro benzene ring substituents is 1. The molecular weight excluding hydrogens is 371 g/mol. The Balaban J connectivity index is 1.93. The number of esters is 1. The van der Waals surface area contributed by atoms with Crippen molar-refractivity contribution in [3.63, 3.8) is 0 Å². The lowest BCUT2D eigenvalue weighted by Crippen LogP contribution is -2.37. The second kappa shape index (κ2) is 9.45. The van der Waals surface area contributed by atoms with Crippen molar-refractivity contribution in [2.45, 2.75) is 19.4 Å². The van der Waals surface area contributed by atoms with Gasteiger partial charge in [0.05, 0.1) is 12.0 Å². The lowest BCUT2D eigenvalue weighted by molar-refractivity contribution is -0.384. The molecule has 0 aliphatic carbocycles. The zero-order valence-corrected chi connectivity index (χ0v) is 15.3. The monoisotopic (exact) mass is 390 g/mol. The lowest BCUT2D eigenvalue weighted by atomic mass is 10.1. The van der Waals surface area contributed by atoms with E-state index in [9.17, 15) is 24.1 Å². The highest BCUT2D eigenvalue weighted by Crippen LogP contribution is 2.25. The number of hydrogen-bond acceptors (Lipinski definition) is 6. The van der Waals surface area contributed by atoms with Gasteiger partial charge in [0.25, 0.3) is 11.6 Å². The van der Waals surface area contributed by atoms with Gasteiger partial charge in [-0.15, -0.1) is 0 Å². The number of carbonyl (C=O) groups is 2. The summed E-state index contributed by atoms with van der Waals surface area (Å²) in [6.45, 7) is 1.65. The van der Waals surface area contributed by atoms with E-state index >= 15 is 0 Å². The van der Waals surface area contributed by atoms with Gasteiger partial charge < -0.3 is 14.8 Å². The number of rotatable bonds is 8. The molecule has 9 heteroatoms. The van der Waals surface area contributed by atoms with E-state index in [0.717, 1.165) is 11.6 Å². The summed E-state index contributed by atoms with van der Waals surface area (Å²) in [4.78, 5) is 34.6. The SMILES string of the molecule is COc1ccc([N+](=O)[O-])cc1C(=O)O[C@@H](C)C(=O)NCCc1ccc(F)cc1. The highest BCUT2D eigenvalue weighted by Gasteiger charge is 2.23. The Hall–Kier alpha value is -3.49. The molecule has 0 aliphatic rings. The van der Waals surface area contributed by atoms with E-state index in [1.165, 1.54) is 38.3 Å². The fraction of sp³-hybridized carbons (Fsp3) is 0.263. The van der Waals surface area contributed by atoms with E-state index in [0.29, 0.717) is 6.42 Å². The molecule has 148 valence electrons. The average molecular weight is 390 g/mol. The summed E-state index contributed by atoms with van der Waals surface area (Å²) in [5.74, 6) is -1.69. The van der Waals surface area contributed by atoms with Crippen molar-refractivity contribution in [3.05, 3.63) is 69.5 Å². The molecule has 1 atom stereocenters.